The highest BCUT2D eigenvalue weighted by Gasteiger charge is 2.16. The summed E-state index contributed by atoms with van der Waals surface area (Å²) in [5.74, 6) is -0.118. The molecule has 0 aromatic carbocycles. The van der Waals surface area contributed by atoms with Gasteiger partial charge in [0.15, 0.2) is 0 Å². The third-order valence-corrected chi connectivity index (χ3v) is 3.00. The quantitative estimate of drug-likeness (QED) is 0.727. The van der Waals surface area contributed by atoms with Gasteiger partial charge in [-0.25, -0.2) is 0 Å². The molecular formula is C15H25N3O2. The maximum Gasteiger partial charge on any atom is 0.272 e. The van der Waals surface area contributed by atoms with Crippen LogP contribution >= 0.6 is 0 Å². The van der Waals surface area contributed by atoms with Gasteiger partial charge in [0.25, 0.3) is 5.91 Å². The first-order valence-electron chi connectivity index (χ1n) is 7.33. The van der Waals surface area contributed by atoms with Gasteiger partial charge in [-0.1, -0.05) is 20.3 Å². The van der Waals surface area contributed by atoms with Crippen molar-refractivity contribution in [3.05, 3.63) is 24.0 Å². The van der Waals surface area contributed by atoms with Gasteiger partial charge in [-0.2, -0.15) is 0 Å². The van der Waals surface area contributed by atoms with Gasteiger partial charge in [-0.3, -0.25) is 9.78 Å². The molecule has 1 heterocycles. The Hall–Kier alpha value is -1.62. The molecule has 1 amide bonds. The molecule has 0 aliphatic rings. The second kappa shape index (κ2) is 9.31. The average molecular weight is 279 g/mol. The lowest BCUT2D eigenvalue weighted by molar-refractivity contribution is 0.0713. The third-order valence-electron chi connectivity index (χ3n) is 3.00. The number of unbranched alkanes of at least 4 members (excludes halogenated alkanes) is 1. The highest BCUT2D eigenvalue weighted by Crippen LogP contribution is 2.11. The molecule has 0 saturated heterocycles. The summed E-state index contributed by atoms with van der Waals surface area (Å²) in [5, 5.41) is 12.3. The van der Waals surface area contributed by atoms with Crippen molar-refractivity contribution in [1.82, 2.24) is 9.88 Å². The summed E-state index contributed by atoms with van der Waals surface area (Å²) in [7, 11) is 0. The van der Waals surface area contributed by atoms with Gasteiger partial charge in [0.05, 0.1) is 6.61 Å². The van der Waals surface area contributed by atoms with E-state index in [-0.39, 0.29) is 12.5 Å². The lowest BCUT2D eigenvalue weighted by atomic mass is 10.2. The van der Waals surface area contributed by atoms with Crippen molar-refractivity contribution in [2.75, 3.05) is 31.6 Å². The predicted octanol–water partition coefficient (Wildman–Crippen LogP) is 2.14. The van der Waals surface area contributed by atoms with Crippen molar-refractivity contribution in [2.45, 2.75) is 33.1 Å². The number of carbonyl (C=O) groups excluding carboxylic acids is 1. The second-order valence-electron chi connectivity index (χ2n) is 4.73. The predicted molar refractivity (Wildman–Crippen MR) is 80.9 cm³/mol. The monoisotopic (exact) mass is 279 g/mol. The zero-order chi connectivity index (χ0) is 14.8. The van der Waals surface area contributed by atoms with E-state index in [0.29, 0.717) is 18.8 Å². The summed E-state index contributed by atoms with van der Waals surface area (Å²) in [4.78, 5) is 18.2. The Labute approximate surface area is 121 Å². The fourth-order valence-electron chi connectivity index (χ4n) is 1.87. The summed E-state index contributed by atoms with van der Waals surface area (Å²) in [6.45, 7) is 6.03. The Kier molecular flexibility index (Phi) is 7.65. The van der Waals surface area contributed by atoms with E-state index in [1.54, 1.807) is 17.2 Å². The smallest absolute Gasteiger partial charge is 0.272 e. The van der Waals surface area contributed by atoms with E-state index >= 15 is 0 Å². The summed E-state index contributed by atoms with van der Waals surface area (Å²) in [6.07, 6.45) is 4.61. The molecule has 1 aromatic heterocycles. The number of hydrogen-bond donors (Lipinski definition) is 2. The highest BCUT2D eigenvalue weighted by atomic mass is 16.3. The largest absolute Gasteiger partial charge is 0.395 e. The zero-order valence-corrected chi connectivity index (χ0v) is 12.4. The number of carbonyl (C=O) groups is 1. The van der Waals surface area contributed by atoms with Gasteiger partial charge < -0.3 is 15.3 Å². The first kappa shape index (κ1) is 16.4. The summed E-state index contributed by atoms with van der Waals surface area (Å²) in [5.41, 5.74) is 1.33. The minimum atomic E-state index is -0.118. The number of pyridine rings is 1. The summed E-state index contributed by atoms with van der Waals surface area (Å²) >= 11 is 0. The first-order valence-corrected chi connectivity index (χ1v) is 7.33. The normalized spacial score (nSPS) is 10.3. The number of anilines is 1. The van der Waals surface area contributed by atoms with E-state index < -0.39 is 0 Å². The SMILES string of the molecule is CCCCN(CCO)C(=O)c1cc(NCCC)ccn1. The molecule has 0 spiro atoms. The van der Waals surface area contributed by atoms with Crippen molar-refractivity contribution < 1.29 is 9.90 Å². The van der Waals surface area contributed by atoms with Crippen molar-refractivity contribution in [2.24, 2.45) is 0 Å². The number of rotatable bonds is 9. The molecule has 0 radical (unpaired) electrons. The molecule has 20 heavy (non-hydrogen) atoms. The standard InChI is InChI=1S/C15H25N3O2/c1-3-5-9-18(10-11-19)15(20)14-12-13(6-8-17-14)16-7-4-2/h6,8,12,19H,3-5,7,9-11H2,1-2H3,(H,16,17). The van der Waals surface area contributed by atoms with E-state index in [9.17, 15) is 4.79 Å². The van der Waals surface area contributed by atoms with Crippen LogP contribution in [0.2, 0.25) is 0 Å². The van der Waals surface area contributed by atoms with E-state index in [4.69, 9.17) is 5.11 Å². The van der Waals surface area contributed by atoms with Gasteiger partial charge in [0, 0.05) is 31.5 Å². The molecule has 1 rings (SSSR count). The van der Waals surface area contributed by atoms with Crippen LogP contribution in [0.5, 0.6) is 0 Å². The van der Waals surface area contributed by atoms with E-state index in [2.05, 4.69) is 24.1 Å². The van der Waals surface area contributed by atoms with Crippen LogP contribution in [-0.2, 0) is 0 Å². The van der Waals surface area contributed by atoms with Crippen LogP contribution in [0.25, 0.3) is 0 Å². The molecule has 112 valence electrons. The van der Waals surface area contributed by atoms with Crippen molar-refractivity contribution in [3.63, 3.8) is 0 Å². The number of aliphatic hydroxyl groups excluding tert-OH is 1. The van der Waals surface area contributed by atoms with Crippen LogP contribution in [0, 0.1) is 0 Å². The van der Waals surface area contributed by atoms with Crippen LogP contribution in [-0.4, -0.2) is 47.1 Å². The number of nitrogens with one attached hydrogen (secondary N) is 1. The van der Waals surface area contributed by atoms with Gasteiger partial charge in [0.2, 0.25) is 0 Å². The van der Waals surface area contributed by atoms with E-state index in [1.807, 2.05) is 6.07 Å². The molecule has 0 aliphatic carbocycles. The molecule has 0 saturated carbocycles. The number of amides is 1. The molecule has 0 atom stereocenters. The molecular weight excluding hydrogens is 254 g/mol. The number of nitrogens with zero attached hydrogens (tertiary/aromatic N) is 2. The minimum Gasteiger partial charge on any atom is -0.395 e. The molecule has 0 aliphatic heterocycles. The van der Waals surface area contributed by atoms with Crippen LogP contribution in [0.15, 0.2) is 18.3 Å². The van der Waals surface area contributed by atoms with Crippen molar-refractivity contribution >= 4 is 11.6 Å². The Morgan fingerprint density at radius 2 is 2.15 bits per heavy atom. The molecule has 5 heteroatoms. The van der Waals surface area contributed by atoms with Crippen LogP contribution in [0.4, 0.5) is 5.69 Å². The molecule has 5 nitrogen and oxygen atoms in total. The van der Waals surface area contributed by atoms with Gasteiger partial charge in [-0.15, -0.1) is 0 Å². The molecule has 0 fully saturated rings. The maximum absolute atomic E-state index is 12.4. The number of aliphatic hydroxyl groups is 1. The topological polar surface area (TPSA) is 65.5 Å². The lowest BCUT2D eigenvalue weighted by Crippen LogP contribution is -2.35. The Bertz CT molecular complexity index is 410. The van der Waals surface area contributed by atoms with Crippen LogP contribution in [0.1, 0.15) is 43.6 Å². The average Bonchev–Trinajstić information content (AvgIpc) is 2.49. The lowest BCUT2D eigenvalue weighted by Gasteiger charge is -2.21. The fraction of sp³-hybridized carbons (Fsp3) is 0.600. The number of hydrogen-bond acceptors (Lipinski definition) is 4. The summed E-state index contributed by atoms with van der Waals surface area (Å²) in [6, 6.07) is 3.63. The third kappa shape index (κ3) is 5.17. The van der Waals surface area contributed by atoms with Gasteiger partial charge in [0.1, 0.15) is 5.69 Å². The number of aromatic nitrogens is 1. The second-order valence-corrected chi connectivity index (χ2v) is 4.73. The summed E-state index contributed by atoms with van der Waals surface area (Å²) < 4.78 is 0. The van der Waals surface area contributed by atoms with Crippen molar-refractivity contribution in [3.8, 4) is 0 Å². The first-order chi connectivity index (χ1) is 9.72. The maximum atomic E-state index is 12.4. The Morgan fingerprint density at radius 3 is 2.80 bits per heavy atom. The zero-order valence-electron chi connectivity index (χ0n) is 12.4. The minimum absolute atomic E-state index is 0.0246. The Balaban J connectivity index is 2.76. The van der Waals surface area contributed by atoms with E-state index in [0.717, 1.165) is 31.5 Å². The Morgan fingerprint density at radius 1 is 1.35 bits per heavy atom. The highest BCUT2D eigenvalue weighted by molar-refractivity contribution is 5.93. The van der Waals surface area contributed by atoms with E-state index in [1.165, 1.54) is 0 Å². The molecule has 0 bridgehead atoms. The van der Waals surface area contributed by atoms with Crippen LogP contribution in [0.3, 0.4) is 0 Å². The molecule has 2 N–H and O–H groups in total. The van der Waals surface area contributed by atoms with Crippen LogP contribution < -0.4 is 5.32 Å². The fourth-order valence-corrected chi connectivity index (χ4v) is 1.87. The molecule has 1 aromatic rings. The van der Waals surface area contributed by atoms with Gasteiger partial charge >= 0.3 is 0 Å². The van der Waals surface area contributed by atoms with Gasteiger partial charge in [-0.05, 0) is 25.0 Å². The van der Waals surface area contributed by atoms with Crippen molar-refractivity contribution in [1.29, 1.82) is 0 Å². The molecule has 0 unspecified atom stereocenters.